The molecule has 2 aliphatic heterocycles. The van der Waals surface area contributed by atoms with Crippen LogP contribution in [0.3, 0.4) is 0 Å². The SMILES string of the molecule is COc1ccc(CN2CC[C@@]3(COCc4cnc(NCC5CC5)nc43)C2)cc1. The normalized spacial score (nSPS) is 24.3. The molecule has 3 aliphatic rings. The van der Waals surface area contributed by atoms with Gasteiger partial charge in [-0.15, -0.1) is 0 Å². The molecule has 0 radical (unpaired) electrons. The Balaban J connectivity index is 1.32. The highest BCUT2D eigenvalue weighted by Gasteiger charge is 2.44. The standard InChI is InChI=1S/C22H28N4O2/c1-27-19-6-4-17(5-7-19)12-26-9-8-22(14-26)15-28-13-18-11-24-21(25-20(18)22)23-10-16-2-3-16/h4-7,11,16H,2-3,8-10,12-15H2,1H3,(H,23,24,25)/t22-/m0/s1. The summed E-state index contributed by atoms with van der Waals surface area (Å²) in [4.78, 5) is 12.0. The number of ether oxygens (including phenoxy) is 2. The number of hydrogen-bond acceptors (Lipinski definition) is 6. The summed E-state index contributed by atoms with van der Waals surface area (Å²) in [6.07, 6.45) is 5.70. The first kappa shape index (κ1) is 17.9. The molecule has 1 aromatic heterocycles. The van der Waals surface area contributed by atoms with Crippen LogP contribution in [0, 0.1) is 5.92 Å². The predicted octanol–water partition coefficient (Wildman–Crippen LogP) is 2.98. The van der Waals surface area contributed by atoms with Gasteiger partial charge in [0.25, 0.3) is 0 Å². The van der Waals surface area contributed by atoms with Crippen LogP contribution in [0.2, 0.25) is 0 Å². The van der Waals surface area contributed by atoms with Crippen LogP contribution >= 0.6 is 0 Å². The minimum absolute atomic E-state index is 0.0149. The minimum Gasteiger partial charge on any atom is -0.497 e. The third kappa shape index (κ3) is 3.59. The topological polar surface area (TPSA) is 59.5 Å². The van der Waals surface area contributed by atoms with Crippen LogP contribution < -0.4 is 10.1 Å². The largest absolute Gasteiger partial charge is 0.497 e. The van der Waals surface area contributed by atoms with E-state index in [-0.39, 0.29) is 5.41 Å². The summed E-state index contributed by atoms with van der Waals surface area (Å²) < 4.78 is 11.2. The molecule has 6 heteroatoms. The van der Waals surface area contributed by atoms with Crippen molar-refractivity contribution >= 4 is 5.95 Å². The number of aromatic nitrogens is 2. The predicted molar refractivity (Wildman–Crippen MR) is 107 cm³/mol. The second-order valence-electron chi connectivity index (χ2n) is 8.47. The van der Waals surface area contributed by atoms with E-state index >= 15 is 0 Å². The fourth-order valence-electron chi connectivity index (χ4n) is 4.43. The third-order valence-corrected chi connectivity index (χ3v) is 6.25. The van der Waals surface area contributed by atoms with E-state index in [0.29, 0.717) is 6.61 Å². The second kappa shape index (κ2) is 7.33. The summed E-state index contributed by atoms with van der Waals surface area (Å²) in [6, 6.07) is 8.37. The molecule has 1 saturated heterocycles. The number of anilines is 1. The molecule has 0 amide bonds. The Morgan fingerprint density at radius 1 is 1.29 bits per heavy atom. The van der Waals surface area contributed by atoms with Crippen LogP contribution in [0.5, 0.6) is 5.75 Å². The van der Waals surface area contributed by atoms with Crippen molar-refractivity contribution in [2.75, 3.05) is 38.7 Å². The molecule has 3 heterocycles. The van der Waals surface area contributed by atoms with Crippen molar-refractivity contribution in [2.24, 2.45) is 5.92 Å². The lowest BCUT2D eigenvalue weighted by molar-refractivity contribution is 0.0503. The zero-order chi connectivity index (χ0) is 19.0. The molecule has 0 bridgehead atoms. The molecule has 1 saturated carbocycles. The van der Waals surface area contributed by atoms with Gasteiger partial charge >= 0.3 is 0 Å². The summed E-state index contributed by atoms with van der Waals surface area (Å²) in [5, 5.41) is 3.44. The molecule has 0 unspecified atom stereocenters. The average Bonchev–Trinajstić information content (AvgIpc) is 3.48. The van der Waals surface area contributed by atoms with E-state index in [4.69, 9.17) is 14.5 Å². The zero-order valence-electron chi connectivity index (χ0n) is 16.5. The van der Waals surface area contributed by atoms with Crippen LogP contribution in [0.15, 0.2) is 30.5 Å². The molecule has 148 valence electrons. The van der Waals surface area contributed by atoms with Crippen molar-refractivity contribution in [3.05, 3.63) is 47.3 Å². The van der Waals surface area contributed by atoms with Gasteiger partial charge in [-0.3, -0.25) is 4.90 Å². The van der Waals surface area contributed by atoms with Gasteiger partial charge in [0, 0.05) is 31.4 Å². The summed E-state index contributed by atoms with van der Waals surface area (Å²) >= 11 is 0. The average molecular weight is 380 g/mol. The molecule has 5 rings (SSSR count). The lowest BCUT2D eigenvalue weighted by atomic mass is 9.80. The van der Waals surface area contributed by atoms with Gasteiger partial charge in [-0.05, 0) is 49.4 Å². The van der Waals surface area contributed by atoms with Crippen molar-refractivity contribution in [1.82, 2.24) is 14.9 Å². The van der Waals surface area contributed by atoms with Gasteiger partial charge < -0.3 is 14.8 Å². The lowest BCUT2D eigenvalue weighted by Gasteiger charge is -2.34. The van der Waals surface area contributed by atoms with E-state index in [1.165, 1.54) is 24.1 Å². The second-order valence-corrected chi connectivity index (χ2v) is 8.47. The summed E-state index contributed by atoms with van der Waals surface area (Å²) in [5.41, 5.74) is 3.64. The molecule has 28 heavy (non-hydrogen) atoms. The van der Waals surface area contributed by atoms with Crippen LogP contribution in [0.4, 0.5) is 5.95 Å². The Hall–Kier alpha value is -2.18. The summed E-state index contributed by atoms with van der Waals surface area (Å²) in [7, 11) is 1.70. The first-order valence-corrected chi connectivity index (χ1v) is 10.3. The van der Waals surface area contributed by atoms with E-state index in [0.717, 1.165) is 62.4 Å². The molecule has 1 aromatic carbocycles. The number of likely N-dealkylation sites (tertiary alicyclic amines) is 1. The highest BCUT2D eigenvalue weighted by molar-refractivity contribution is 5.37. The van der Waals surface area contributed by atoms with Crippen LogP contribution in [-0.4, -0.2) is 48.2 Å². The Morgan fingerprint density at radius 3 is 2.93 bits per heavy atom. The van der Waals surface area contributed by atoms with E-state index in [9.17, 15) is 0 Å². The smallest absolute Gasteiger partial charge is 0.222 e. The van der Waals surface area contributed by atoms with Crippen molar-refractivity contribution in [1.29, 1.82) is 0 Å². The first-order valence-electron chi connectivity index (χ1n) is 10.3. The van der Waals surface area contributed by atoms with Gasteiger partial charge in [-0.1, -0.05) is 12.1 Å². The highest BCUT2D eigenvalue weighted by atomic mass is 16.5. The fourth-order valence-corrected chi connectivity index (χ4v) is 4.43. The Kier molecular flexibility index (Phi) is 4.69. The molecule has 2 fully saturated rings. The van der Waals surface area contributed by atoms with Crippen molar-refractivity contribution < 1.29 is 9.47 Å². The third-order valence-electron chi connectivity index (χ3n) is 6.25. The number of nitrogens with zero attached hydrogens (tertiary/aromatic N) is 3. The van der Waals surface area contributed by atoms with Gasteiger partial charge in [-0.2, -0.15) is 0 Å². The van der Waals surface area contributed by atoms with E-state index in [1.807, 2.05) is 18.3 Å². The number of nitrogens with one attached hydrogen (secondary N) is 1. The van der Waals surface area contributed by atoms with Gasteiger partial charge in [-0.25, -0.2) is 9.97 Å². The number of fused-ring (bicyclic) bond motifs is 2. The van der Waals surface area contributed by atoms with E-state index < -0.39 is 0 Å². The van der Waals surface area contributed by atoms with Crippen molar-refractivity contribution in [3.63, 3.8) is 0 Å². The molecule has 6 nitrogen and oxygen atoms in total. The van der Waals surface area contributed by atoms with Crippen molar-refractivity contribution in [2.45, 2.75) is 37.8 Å². The number of rotatable bonds is 6. The summed E-state index contributed by atoms with van der Waals surface area (Å²) in [6.45, 7) is 5.34. The maximum Gasteiger partial charge on any atom is 0.222 e. The molecule has 1 N–H and O–H groups in total. The van der Waals surface area contributed by atoms with Crippen LogP contribution in [0.1, 0.15) is 36.1 Å². The van der Waals surface area contributed by atoms with Gasteiger partial charge in [0.15, 0.2) is 0 Å². The molecule has 1 aliphatic carbocycles. The Morgan fingerprint density at radius 2 is 2.14 bits per heavy atom. The highest BCUT2D eigenvalue weighted by Crippen LogP contribution is 2.40. The first-order chi connectivity index (χ1) is 13.7. The molecular weight excluding hydrogens is 352 g/mol. The van der Waals surface area contributed by atoms with E-state index in [1.54, 1.807) is 7.11 Å². The molecule has 1 atom stereocenters. The monoisotopic (exact) mass is 380 g/mol. The molecule has 2 aromatic rings. The van der Waals surface area contributed by atoms with Crippen LogP contribution in [-0.2, 0) is 23.3 Å². The number of methoxy groups -OCH3 is 1. The zero-order valence-corrected chi connectivity index (χ0v) is 16.5. The van der Waals surface area contributed by atoms with Gasteiger partial charge in [0.05, 0.1) is 31.4 Å². The van der Waals surface area contributed by atoms with Gasteiger partial charge in [0.2, 0.25) is 5.95 Å². The van der Waals surface area contributed by atoms with Crippen LogP contribution in [0.25, 0.3) is 0 Å². The number of benzene rings is 1. The Bertz CT molecular complexity index is 837. The molecular formula is C22H28N4O2. The fraction of sp³-hybridized carbons (Fsp3) is 0.545. The minimum atomic E-state index is -0.0149. The van der Waals surface area contributed by atoms with Crippen molar-refractivity contribution in [3.8, 4) is 5.75 Å². The number of hydrogen-bond donors (Lipinski definition) is 1. The van der Waals surface area contributed by atoms with E-state index in [2.05, 4.69) is 27.3 Å². The van der Waals surface area contributed by atoms with Gasteiger partial charge in [0.1, 0.15) is 5.75 Å². The lowest BCUT2D eigenvalue weighted by Crippen LogP contribution is -2.40. The maximum atomic E-state index is 5.97. The quantitative estimate of drug-likeness (QED) is 0.831. The maximum absolute atomic E-state index is 5.97. The Labute approximate surface area is 166 Å². The summed E-state index contributed by atoms with van der Waals surface area (Å²) in [5.74, 6) is 2.49. The molecule has 1 spiro atoms.